The van der Waals surface area contributed by atoms with E-state index in [1.165, 1.54) is 4.68 Å². The molecule has 0 amide bonds. The molecule has 1 heterocycles. The van der Waals surface area contributed by atoms with Crippen molar-refractivity contribution in [2.24, 2.45) is 5.92 Å². The van der Waals surface area contributed by atoms with Crippen LogP contribution in [0, 0.1) is 5.92 Å². The second-order valence-electron chi connectivity index (χ2n) is 4.99. The Hall–Kier alpha value is -2.76. The highest BCUT2D eigenvalue weighted by Crippen LogP contribution is 2.22. The van der Waals surface area contributed by atoms with Gasteiger partial charge in [-0.3, -0.25) is 4.79 Å². The maximum Gasteiger partial charge on any atom is 0.308 e. The van der Waals surface area contributed by atoms with Gasteiger partial charge in [0.2, 0.25) is 0 Å². The van der Waals surface area contributed by atoms with Gasteiger partial charge in [0.05, 0.1) is 12.5 Å². The highest BCUT2D eigenvalue weighted by molar-refractivity contribution is 5.86. The van der Waals surface area contributed by atoms with Gasteiger partial charge in [-0.1, -0.05) is 43.3 Å². The summed E-state index contributed by atoms with van der Waals surface area (Å²) in [4.78, 5) is 11.0. The number of benzene rings is 2. The molecule has 3 rings (SSSR count). The summed E-state index contributed by atoms with van der Waals surface area (Å²) in [5.41, 5.74) is 0.872. The quantitative estimate of drug-likeness (QED) is 0.793. The molecule has 1 atom stereocenters. The summed E-state index contributed by atoms with van der Waals surface area (Å²) in [6.45, 7) is 1.87. The summed E-state index contributed by atoms with van der Waals surface area (Å²) in [7, 11) is 0. The summed E-state index contributed by atoms with van der Waals surface area (Å²) < 4.78 is 1.53. The molecule has 0 fully saturated rings. The molecule has 2 aromatic carbocycles. The van der Waals surface area contributed by atoms with E-state index in [-0.39, 0.29) is 6.54 Å². The molecule has 0 aliphatic carbocycles. The number of hydrogen-bond acceptors (Lipinski definition) is 4. The maximum atomic E-state index is 11.0. The molecule has 0 radical (unpaired) electrons. The number of carboxylic acid groups (broad SMARTS) is 1. The lowest BCUT2D eigenvalue weighted by Crippen LogP contribution is -2.18. The average molecular weight is 282 g/mol. The van der Waals surface area contributed by atoms with Gasteiger partial charge in [0.15, 0.2) is 5.82 Å². The minimum atomic E-state index is -0.866. The monoisotopic (exact) mass is 282 g/mol. The molecule has 0 saturated carbocycles. The lowest BCUT2D eigenvalue weighted by Gasteiger charge is -2.08. The van der Waals surface area contributed by atoms with E-state index >= 15 is 0 Å². The summed E-state index contributed by atoms with van der Waals surface area (Å²) in [5, 5.41) is 22.8. The van der Waals surface area contributed by atoms with Crippen LogP contribution in [0.5, 0.6) is 0 Å². The predicted octanol–water partition coefficient (Wildman–Crippen LogP) is 2.21. The van der Waals surface area contributed by atoms with Crippen molar-refractivity contribution >= 4 is 16.7 Å². The van der Waals surface area contributed by atoms with Crippen molar-refractivity contribution in [3.8, 4) is 11.4 Å². The van der Waals surface area contributed by atoms with Crippen molar-refractivity contribution in [2.75, 3.05) is 0 Å². The van der Waals surface area contributed by atoms with Crippen LogP contribution in [0.2, 0.25) is 0 Å². The first-order valence-electron chi connectivity index (χ1n) is 6.63. The van der Waals surface area contributed by atoms with Crippen LogP contribution in [0.4, 0.5) is 0 Å². The van der Waals surface area contributed by atoms with E-state index in [1.807, 2.05) is 42.5 Å². The van der Waals surface area contributed by atoms with Gasteiger partial charge in [-0.05, 0) is 27.3 Å². The zero-order valence-corrected chi connectivity index (χ0v) is 11.5. The third-order valence-corrected chi connectivity index (χ3v) is 3.41. The van der Waals surface area contributed by atoms with Crippen molar-refractivity contribution in [1.29, 1.82) is 0 Å². The Kier molecular flexibility index (Phi) is 3.35. The number of rotatable bonds is 4. The van der Waals surface area contributed by atoms with Gasteiger partial charge in [0.1, 0.15) is 0 Å². The van der Waals surface area contributed by atoms with E-state index in [2.05, 4.69) is 15.5 Å². The molecular weight excluding hydrogens is 268 g/mol. The molecule has 6 nitrogen and oxygen atoms in total. The van der Waals surface area contributed by atoms with Crippen molar-refractivity contribution in [3.63, 3.8) is 0 Å². The molecule has 0 spiro atoms. The second-order valence-corrected chi connectivity index (χ2v) is 4.99. The Morgan fingerprint density at radius 3 is 2.76 bits per heavy atom. The molecule has 1 N–H and O–H groups in total. The van der Waals surface area contributed by atoms with Crippen molar-refractivity contribution in [2.45, 2.75) is 13.5 Å². The molecule has 6 heteroatoms. The van der Waals surface area contributed by atoms with E-state index in [1.54, 1.807) is 6.92 Å². The minimum Gasteiger partial charge on any atom is -0.481 e. The molecule has 1 unspecified atom stereocenters. The number of tetrazole rings is 1. The van der Waals surface area contributed by atoms with Crippen molar-refractivity contribution < 1.29 is 9.90 Å². The van der Waals surface area contributed by atoms with Gasteiger partial charge < -0.3 is 5.11 Å². The van der Waals surface area contributed by atoms with Crippen LogP contribution in [-0.4, -0.2) is 31.3 Å². The van der Waals surface area contributed by atoms with Crippen LogP contribution in [-0.2, 0) is 11.3 Å². The largest absolute Gasteiger partial charge is 0.481 e. The van der Waals surface area contributed by atoms with E-state index in [9.17, 15) is 4.79 Å². The Morgan fingerprint density at radius 1 is 1.24 bits per heavy atom. The van der Waals surface area contributed by atoms with Crippen LogP contribution in [0.25, 0.3) is 22.2 Å². The second kappa shape index (κ2) is 5.32. The van der Waals surface area contributed by atoms with Gasteiger partial charge in [0, 0.05) is 5.56 Å². The lowest BCUT2D eigenvalue weighted by molar-refractivity contribution is -0.141. The SMILES string of the molecule is CC(Cn1nnnc1-c1ccc2ccccc2c1)C(=O)O. The van der Waals surface area contributed by atoms with Gasteiger partial charge >= 0.3 is 5.97 Å². The predicted molar refractivity (Wildman–Crippen MR) is 77.6 cm³/mol. The molecule has 21 heavy (non-hydrogen) atoms. The van der Waals surface area contributed by atoms with Gasteiger partial charge in [0.25, 0.3) is 0 Å². The van der Waals surface area contributed by atoms with E-state index in [0.29, 0.717) is 5.82 Å². The standard InChI is InChI=1S/C15H14N4O2/c1-10(15(20)21)9-19-14(16-17-18-19)13-7-6-11-4-2-3-5-12(11)8-13/h2-8,10H,9H2,1H3,(H,20,21). The number of hydrogen-bond donors (Lipinski definition) is 1. The van der Waals surface area contributed by atoms with Gasteiger partial charge in [-0.15, -0.1) is 5.10 Å². The molecule has 0 aliphatic rings. The number of carboxylic acids is 1. The van der Waals surface area contributed by atoms with E-state index in [0.717, 1.165) is 16.3 Å². The van der Waals surface area contributed by atoms with Crippen LogP contribution < -0.4 is 0 Å². The van der Waals surface area contributed by atoms with Crippen LogP contribution in [0.1, 0.15) is 6.92 Å². The summed E-state index contributed by atoms with van der Waals surface area (Å²) in [5.74, 6) is -0.837. The first-order valence-corrected chi connectivity index (χ1v) is 6.63. The number of aromatic nitrogens is 4. The normalized spacial score (nSPS) is 12.4. The molecular formula is C15H14N4O2. The number of nitrogens with zero attached hydrogens (tertiary/aromatic N) is 4. The summed E-state index contributed by atoms with van der Waals surface area (Å²) in [6, 6.07) is 14.0. The van der Waals surface area contributed by atoms with E-state index < -0.39 is 11.9 Å². The highest BCUT2D eigenvalue weighted by atomic mass is 16.4. The fourth-order valence-electron chi connectivity index (χ4n) is 2.20. The molecule has 3 aromatic rings. The van der Waals surface area contributed by atoms with Crippen LogP contribution in [0.3, 0.4) is 0 Å². The maximum absolute atomic E-state index is 11.0. The Balaban J connectivity index is 1.99. The third kappa shape index (κ3) is 2.60. The van der Waals surface area contributed by atoms with Crippen molar-refractivity contribution in [3.05, 3.63) is 42.5 Å². The molecule has 0 saturated heterocycles. The molecule has 0 bridgehead atoms. The Labute approximate surface area is 121 Å². The topological polar surface area (TPSA) is 80.9 Å². The zero-order valence-electron chi connectivity index (χ0n) is 11.5. The fraction of sp³-hybridized carbons (Fsp3) is 0.200. The molecule has 1 aromatic heterocycles. The van der Waals surface area contributed by atoms with Crippen LogP contribution in [0.15, 0.2) is 42.5 Å². The average Bonchev–Trinajstić information content (AvgIpc) is 2.94. The number of carbonyl (C=O) groups is 1. The lowest BCUT2D eigenvalue weighted by atomic mass is 10.1. The molecule has 106 valence electrons. The Bertz CT molecular complexity index is 797. The first kappa shape index (κ1) is 13.2. The van der Waals surface area contributed by atoms with Gasteiger partial charge in [-0.2, -0.15) is 0 Å². The van der Waals surface area contributed by atoms with Crippen LogP contribution >= 0.6 is 0 Å². The third-order valence-electron chi connectivity index (χ3n) is 3.41. The zero-order chi connectivity index (χ0) is 14.8. The molecule has 0 aliphatic heterocycles. The summed E-state index contributed by atoms with van der Waals surface area (Å²) in [6.07, 6.45) is 0. The van der Waals surface area contributed by atoms with Crippen molar-refractivity contribution in [1.82, 2.24) is 20.2 Å². The highest BCUT2D eigenvalue weighted by Gasteiger charge is 2.16. The van der Waals surface area contributed by atoms with Gasteiger partial charge in [-0.25, -0.2) is 4.68 Å². The number of fused-ring (bicyclic) bond motifs is 1. The minimum absolute atomic E-state index is 0.241. The first-order chi connectivity index (χ1) is 10.1. The van der Waals surface area contributed by atoms with E-state index in [4.69, 9.17) is 5.11 Å². The summed E-state index contributed by atoms with van der Waals surface area (Å²) >= 11 is 0. The fourth-order valence-corrected chi connectivity index (χ4v) is 2.20. The Morgan fingerprint density at radius 2 is 2.00 bits per heavy atom. The number of aliphatic carboxylic acids is 1. The smallest absolute Gasteiger partial charge is 0.308 e.